The van der Waals surface area contributed by atoms with Gasteiger partial charge in [-0.05, 0) is 44.6 Å². The number of nitriles is 1. The van der Waals surface area contributed by atoms with Crippen molar-refractivity contribution in [1.29, 1.82) is 5.26 Å². The van der Waals surface area contributed by atoms with Crippen molar-refractivity contribution in [2.75, 3.05) is 26.0 Å². The molecule has 19 heavy (non-hydrogen) atoms. The van der Waals surface area contributed by atoms with Gasteiger partial charge in [0.25, 0.3) is 0 Å². The summed E-state index contributed by atoms with van der Waals surface area (Å²) in [5, 5.41) is 12.7. The van der Waals surface area contributed by atoms with Gasteiger partial charge in [-0.3, -0.25) is 0 Å². The second kappa shape index (κ2) is 7.52. The van der Waals surface area contributed by atoms with Crippen molar-refractivity contribution in [2.45, 2.75) is 26.3 Å². The van der Waals surface area contributed by atoms with Gasteiger partial charge in [-0.2, -0.15) is 5.26 Å². The molecule has 1 unspecified atom stereocenters. The van der Waals surface area contributed by atoms with E-state index >= 15 is 0 Å². The zero-order chi connectivity index (χ0) is 14.4. The van der Waals surface area contributed by atoms with E-state index in [0.717, 1.165) is 23.1 Å². The van der Waals surface area contributed by atoms with Crippen LogP contribution in [0, 0.1) is 17.2 Å². The number of halogens is 1. The molecule has 0 aliphatic carbocycles. The summed E-state index contributed by atoms with van der Waals surface area (Å²) in [6.45, 7) is 5.39. The Kier molecular flexibility index (Phi) is 6.33. The average Bonchev–Trinajstić information content (AvgIpc) is 2.27. The highest BCUT2D eigenvalue weighted by atomic mass is 79.9. The first-order valence-corrected chi connectivity index (χ1v) is 7.32. The Balaban J connectivity index is 2.89. The van der Waals surface area contributed by atoms with E-state index in [1.807, 2.05) is 18.2 Å². The second-order valence-corrected chi connectivity index (χ2v) is 6.45. The fourth-order valence-electron chi connectivity index (χ4n) is 2.14. The molecule has 3 nitrogen and oxygen atoms in total. The normalized spacial score (nSPS) is 12.5. The van der Waals surface area contributed by atoms with Gasteiger partial charge in [0.15, 0.2) is 0 Å². The first-order chi connectivity index (χ1) is 8.92. The summed E-state index contributed by atoms with van der Waals surface area (Å²) >= 11 is 3.46. The zero-order valence-corrected chi connectivity index (χ0v) is 13.7. The highest BCUT2D eigenvalue weighted by Gasteiger charge is 2.14. The van der Waals surface area contributed by atoms with Crippen LogP contribution < -0.4 is 5.32 Å². The molecule has 1 N–H and O–H groups in total. The van der Waals surface area contributed by atoms with Crippen molar-refractivity contribution in [2.24, 2.45) is 5.92 Å². The third-order valence-corrected chi connectivity index (χ3v) is 3.30. The molecule has 1 atom stereocenters. The summed E-state index contributed by atoms with van der Waals surface area (Å²) in [4.78, 5) is 2.17. The molecule has 4 heteroatoms. The van der Waals surface area contributed by atoms with Gasteiger partial charge in [0.2, 0.25) is 0 Å². The van der Waals surface area contributed by atoms with E-state index < -0.39 is 0 Å². The van der Waals surface area contributed by atoms with Crippen LogP contribution in [0.15, 0.2) is 22.7 Å². The van der Waals surface area contributed by atoms with Gasteiger partial charge >= 0.3 is 0 Å². The van der Waals surface area contributed by atoms with Crippen molar-refractivity contribution in [3.63, 3.8) is 0 Å². The molecule has 0 heterocycles. The van der Waals surface area contributed by atoms with Crippen LogP contribution in [0.3, 0.4) is 0 Å². The lowest BCUT2D eigenvalue weighted by atomic mass is 10.0. The van der Waals surface area contributed by atoms with Gasteiger partial charge in [0.05, 0.1) is 11.3 Å². The van der Waals surface area contributed by atoms with Crippen LogP contribution in [0.25, 0.3) is 0 Å². The van der Waals surface area contributed by atoms with E-state index in [2.05, 4.69) is 60.2 Å². The van der Waals surface area contributed by atoms with Gasteiger partial charge in [-0.25, -0.2) is 0 Å². The molecule has 1 aromatic rings. The molecule has 0 aliphatic rings. The van der Waals surface area contributed by atoms with E-state index in [4.69, 9.17) is 0 Å². The summed E-state index contributed by atoms with van der Waals surface area (Å²) in [5.74, 6) is 0.620. The van der Waals surface area contributed by atoms with Crippen molar-refractivity contribution < 1.29 is 0 Å². The lowest BCUT2D eigenvalue weighted by Gasteiger charge is -2.25. The molecule has 0 fully saturated rings. The third-order valence-electron chi connectivity index (χ3n) is 2.80. The van der Waals surface area contributed by atoms with Crippen molar-refractivity contribution >= 4 is 21.6 Å². The van der Waals surface area contributed by atoms with Crippen LogP contribution in [0.2, 0.25) is 0 Å². The van der Waals surface area contributed by atoms with Crippen molar-refractivity contribution in [3.8, 4) is 6.07 Å². The van der Waals surface area contributed by atoms with Gasteiger partial charge in [-0.15, -0.1) is 0 Å². The summed E-state index contributed by atoms with van der Waals surface area (Å²) in [6.07, 6.45) is 1.08. The lowest BCUT2D eigenvalue weighted by Crippen LogP contribution is -2.33. The molecule has 0 bridgehead atoms. The maximum absolute atomic E-state index is 9.17. The van der Waals surface area contributed by atoms with Crippen LogP contribution in [0.1, 0.15) is 25.8 Å². The van der Waals surface area contributed by atoms with Gasteiger partial charge in [0, 0.05) is 17.1 Å². The van der Waals surface area contributed by atoms with E-state index in [1.165, 1.54) is 0 Å². The third kappa shape index (κ3) is 5.63. The quantitative estimate of drug-likeness (QED) is 0.867. The molecule has 1 rings (SSSR count). The molecule has 1 aromatic carbocycles. The number of hydrogen-bond acceptors (Lipinski definition) is 3. The minimum Gasteiger partial charge on any atom is -0.380 e. The maximum atomic E-state index is 9.17. The summed E-state index contributed by atoms with van der Waals surface area (Å²) in [6, 6.07) is 8.29. The Labute approximate surface area is 124 Å². The fraction of sp³-hybridized carbons (Fsp3) is 0.533. The lowest BCUT2D eigenvalue weighted by molar-refractivity contribution is 0.356. The van der Waals surface area contributed by atoms with E-state index in [-0.39, 0.29) is 0 Å². The predicted octanol–water partition coefficient (Wildman–Crippen LogP) is 3.71. The SMILES string of the molecule is CC(C)CC(CN(C)C)Nc1cc(Br)ccc1C#N. The number of anilines is 1. The molecule has 104 valence electrons. The molecular formula is C15H22BrN3. The van der Waals surface area contributed by atoms with Gasteiger partial charge < -0.3 is 10.2 Å². The second-order valence-electron chi connectivity index (χ2n) is 5.53. The molecule has 0 aliphatic heterocycles. The molecule has 0 aromatic heterocycles. The van der Waals surface area contributed by atoms with Crippen molar-refractivity contribution in [1.82, 2.24) is 4.90 Å². The molecule has 0 amide bonds. The van der Waals surface area contributed by atoms with Crippen LogP contribution in [0.5, 0.6) is 0 Å². The van der Waals surface area contributed by atoms with Crippen LogP contribution in [-0.4, -0.2) is 31.6 Å². The van der Waals surface area contributed by atoms with Gasteiger partial charge in [-0.1, -0.05) is 29.8 Å². The summed E-state index contributed by atoms with van der Waals surface area (Å²) in [7, 11) is 4.14. The minimum absolute atomic E-state index is 0.344. The minimum atomic E-state index is 0.344. The van der Waals surface area contributed by atoms with Crippen LogP contribution in [-0.2, 0) is 0 Å². The Morgan fingerprint density at radius 2 is 2.05 bits per heavy atom. The Morgan fingerprint density at radius 3 is 2.58 bits per heavy atom. The highest BCUT2D eigenvalue weighted by molar-refractivity contribution is 9.10. The number of rotatable bonds is 6. The monoisotopic (exact) mass is 323 g/mol. The highest BCUT2D eigenvalue weighted by Crippen LogP contribution is 2.23. The fourth-order valence-corrected chi connectivity index (χ4v) is 2.50. The molecule has 0 spiro atoms. The van der Waals surface area contributed by atoms with E-state index in [9.17, 15) is 5.26 Å². The first kappa shape index (κ1) is 16.0. The smallest absolute Gasteiger partial charge is 0.101 e. The molecule has 0 radical (unpaired) electrons. The molecule has 0 saturated carbocycles. The molecule has 0 saturated heterocycles. The van der Waals surface area contributed by atoms with E-state index in [1.54, 1.807) is 0 Å². The average molecular weight is 324 g/mol. The van der Waals surface area contributed by atoms with Crippen LogP contribution in [0.4, 0.5) is 5.69 Å². The predicted molar refractivity (Wildman–Crippen MR) is 84.3 cm³/mol. The number of hydrogen-bond donors (Lipinski definition) is 1. The van der Waals surface area contributed by atoms with Crippen molar-refractivity contribution in [3.05, 3.63) is 28.2 Å². The van der Waals surface area contributed by atoms with E-state index in [0.29, 0.717) is 17.5 Å². The Bertz CT molecular complexity index is 439. The standard InChI is InChI=1S/C15H22BrN3/c1-11(2)7-14(10-19(3)4)18-15-8-13(16)6-5-12(15)9-17/h5-6,8,11,14,18H,7,10H2,1-4H3. The number of nitrogens with one attached hydrogen (secondary N) is 1. The Morgan fingerprint density at radius 1 is 1.37 bits per heavy atom. The zero-order valence-electron chi connectivity index (χ0n) is 12.1. The number of nitrogens with zero attached hydrogens (tertiary/aromatic N) is 2. The maximum Gasteiger partial charge on any atom is 0.101 e. The number of likely N-dealkylation sites (N-methyl/N-ethyl adjacent to an activating group) is 1. The summed E-state index contributed by atoms with van der Waals surface area (Å²) < 4.78 is 0.988. The Hall–Kier alpha value is -1.05. The first-order valence-electron chi connectivity index (χ1n) is 6.53. The van der Waals surface area contributed by atoms with Gasteiger partial charge in [0.1, 0.15) is 6.07 Å². The topological polar surface area (TPSA) is 39.1 Å². The molecular weight excluding hydrogens is 302 g/mol. The summed E-state index contributed by atoms with van der Waals surface area (Å²) in [5.41, 5.74) is 1.60. The largest absolute Gasteiger partial charge is 0.380 e. The number of benzene rings is 1. The van der Waals surface area contributed by atoms with Crippen LogP contribution >= 0.6 is 15.9 Å².